The molecule has 1 aliphatic carbocycles. The first kappa shape index (κ1) is 16.0. The predicted molar refractivity (Wildman–Crippen MR) is 86.9 cm³/mol. The van der Waals surface area contributed by atoms with Crippen molar-refractivity contribution >= 4 is 5.91 Å². The summed E-state index contributed by atoms with van der Waals surface area (Å²) in [6.45, 7) is 3.23. The molecule has 1 saturated carbocycles. The molecule has 3 N–H and O–H groups in total. The molecular formula is C18H28N2O. The molecular weight excluding hydrogens is 260 g/mol. The van der Waals surface area contributed by atoms with Crippen LogP contribution in [-0.4, -0.2) is 12.5 Å². The van der Waals surface area contributed by atoms with Gasteiger partial charge in [0.2, 0.25) is 5.91 Å². The quantitative estimate of drug-likeness (QED) is 0.818. The van der Waals surface area contributed by atoms with Gasteiger partial charge in [0.1, 0.15) is 0 Å². The van der Waals surface area contributed by atoms with Crippen molar-refractivity contribution in [3.05, 3.63) is 35.4 Å². The largest absolute Gasteiger partial charge is 0.351 e. The lowest BCUT2D eigenvalue weighted by Crippen LogP contribution is -2.45. The highest BCUT2D eigenvalue weighted by atomic mass is 16.2. The maximum Gasteiger partial charge on any atom is 0.227 e. The Bertz CT molecular complexity index is 462. The average molecular weight is 288 g/mol. The third-order valence-electron chi connectivity index (χ3n) is 4.87. The molecule has 0 saturated heterocycles. The lowest BCUT2D eigenvalue weighted by atomic mass is 9.79. The fourth-order valence-electron chi connectivity index (χ4n) is 3.37. The summed E-state index contributed by atoms with van der Waals surface area (Å²) in [5.74, 6) is 0.151. The van der Waals surface area contributed by atoms with Crippen LogP contribution in [-0.2, 0) is 17.8 Å². The van der Waals surface area contributed by atoms with E-state index in [1.807, 2.05) is 6.07 Å². The number of nitrogens with one attached hydrogen (secondary N) is 1. The Morgan fingerprint density at radius 2 is 1.76 bits per heavy atom. The van der Waals surface area contributed by atoms with Crippen LogP contribution in [0.3, 0.4) is 0 Å². The van der Waals surface area contributed by atoms with Crippen LogP contribution in [0.4, 0.5) is 0 Å². The van der Waals surface area contributed by atoms with Gasteiger partial charge in [0.25, 0.3) is 0 Å². The van der Waals surface area contributed by atoms with E-state index in [-0.39, 0.29) is 11.3 Å². The molecule has 0 unspecified atom stereocenters. The van der Waals surface area contributed by atoms with Gasteiger partial charge in [-0.3, -0.25) is 4.79 Å². The standard InChI is InChI=1S/C18H28N2O/c1-2-15-9-5-6-10-16(15)13-20-17(21)18(14-19)11-7-3-4-8-12-18/h5-6,9-10H,2-4,7-8,11-14,19H2,1H3,(H,20,21). The molecule has 3 heteroatoms. The van der Waals surface area contributed by atoms with Crippen LogP contribution in [0.2, 0.25) is 0 Å². The van der Waals surface area contributed by atoms with E-state index in [1.54, 1.807) is 0 Å². The molecule has 0 atom stereocenters. The van der Waals surface area contributed by atoms with Crippen LogP contribution in [0, 0.1) is 5.41 Å². The molecule has 0 aliphatic heterocycles. The minimum atomic E-state index is -0.336. The second-order valence-electron chi connectivity index (χ2n) is 6.20. The van der Waals surface area contributed by atoms with Crippen LogP contribution in [0.25, 0.3) is 0 Å². The average Bonchev–Trinajstić information content (AvgIpc) is 2.79. The summed E-state index contributed by atoms with van der Waals surface area (Å²) in [4.78, 5) is 12.7. The first-order valence-corrected chi connectivity index (χ1v) is 8.27. The van der Waals surface area contributed by atoms with Gasteiger partial charge in [0.05, 0.1) is 5.41 Å². The topological polar surface area (TPSA) is 55.1 Å². The number of rotatable bonds is 5. The highest BCUT2D eigenvalue weighted by Crippen LogP contribution is 2.34. The number of carbonyl (C=O) groups is 1. The van der Waals surface area contributed by atoms with Gasteiger partial charge in [-0.05, 0) is 30.4 Å². The molecule has 0 aromatic heterocycles. The van der Waals surface area contributed by atoms with Gasteiger partial charge in [0.15, 0.2) is 0 Å². The molecule has 1 fully saturated rings. The molecule has 3 nitrogen and oxygen atoms in total. The van der Waals surface area contributed by atoms with E-state index >= 15 is 0 Å². The van der Waals surface area contributed by atoms with Gasteiger partial charge in [-0.25, -0.2) is 0 Å². The van der Waals surface area contributed by atoms with E-state index in [1.165, 1.54) is 24.0 Å². The summed E-state index contributed by atoms with van der Waals surface area (Å²) < 4.78 is 0. The van der Waals surface area contributed by atoms with E-state index in [4.69, 9.17) is 5.73 Å². The van der Waals surface area contributed by atoms with Crippen LogP contribution >= 0.6 is 0 Å². The molecule has 1 aliphatic rings. The van der Waals surface area contributed by atoms with Gasteiger partial charge >= 0.3 is 0 Å². The smallest absolute Gasteiger partial charge is 0.227 e. The Morgan fingerprint density at radius 3 is 2.33 bits per heavy atom. The monoisotopic (exact) mass is 288 g/mol. The van der Waals surface area contributed by atoms with E-state index < -0.39 is 0 Å². The van der Waals surface area contributed by atoms with Crippen molar-refractivity contribution in [1.82, 2.24) is 5.32 Å². The molecule has 21 heavy (non-hydrogen) atoms. The maximum atomic E-state index is 12.7. The van der Waals surface area contributed by atoms with Crippen LogP contribution in [0.5, 0.6) is 0 Å². The fraction of sp³-hybridized carbons (Fsp3) is 0.611. The SMILES string of the molecule is CCc1ccccc1CNC(=O)C1(CN)CCCCCC1. The fourth-order valence-corrected chi connectivity index (χ4v) is 3.37. The van der Waals surface area contributed by atoms with Crippen molar-refractivity contribution in [2.45, 2.75) is 58.4 Å². The highest BCUT2D eigenvalue weighted by Gasteiger charge is 2.36. The predicted octanol–water partition coefficient (Wildman–Crippen LogP) is 3.16. The van der Waals surface area contributed by atoms with Crippen molar-refractivity contribution in [1.29, 1.82) is 0 Å². The number of hydrogen-bond donors (Lipinski definition) is 2. The first-order valence-electron chi connectivity index (χ1n) is 8.27. The summed E-state index contributed by atoms with van der Waals surface area (Å²) in [5, 5.41) is 3.14. The first-order chi connectivity index (χ1) is 10.2. The Hall–Kier alpha value is -1.35. The van der Waals surface area contributed by atoms with Gasteiger partial charge in [-0.1, -0.05) is 56.9 Å². The normalized spacial score (nSPS) is 18.0. The molecule has 0 heterocycles. The zero-order valence-electron chi connectivity index (χ0n) is 13.2. The van der Waals surface area contributed by atoms with Crippen molar-refractivity contribution in [2.24, 2.45) is 11.1 Å². The molecule has 2 rings (SSSR count). The Kier molecular flexibility index (Phi) is 5.80. The van der Waals surface area contributed by atoms with Crippen molar-refractivity contribution in [2.75, 3.05) is 6.54 Å². The number of carbonyl (C=O) groups excluding carboxylic acids is 1. The molecule has 0 spiro atoms. The van der Waals surface area contributed by atoms with Crippen LogP contribution in [0.15, 0.2) is 24.3 Å². The summed E-state index contributed by atoms with van der Waals surface area (Å²) in [6, 6.07) is 8.31. The molecule has 1 aromatic carbocycles. The zero-order chi connectivity index (χ0) is 15.1. The highest BCUT2D eigenvalue weighted by molar-refractivity contribution is 5.83. The third kappa shape index (κ3) is 3.85. The lowest BCUT2D eigenvalue weighted by molar-refractivity contribution is -0.131. The number of hydrogen-bond acceptors (Lipinski definition) is 2. The third-order valence-corrected chi connectivity index (χ3v) is 4.87. The summed E-state index contributed by atoms with van der Waals surface area (Å²) in [7, 11) is 0. The lowest BCUT2D eigenvalue weighted by Gasteiger charge is -2.30. The van der Waals surface area contributed by atoms with Crippen molar-refractivity contribution < 1.29 is 4.79 Å². The second-order valence-corrected chi connectivity index (χ2v) is 6.20. The zero-order valence-corrected chi connectivity index (χ0v) is 13.2. The van der Waals surface area contributed by atoms with Crippen molar-refractivity contribution in [3.63, 3.8) is 0 Å². The van der Waals surface area contributed by atoms with Gasteiger partial charge in [-0.15, -0.1) is 0 Å². The van der Waals surface area contributed by atoms with E-state index in [9.17, 15) is 4.79 Å². The minimum Gasteiger partial charge on any atom is -0.351 e. The van der Waals surface area contributed by atoms with E-state index in [0.717, 1.165) is 32.1 Å². The Balaban J connectivity index is 2.02. The van der Waals surface area contributed by atoms with Gasteiger partial charge in [-0.2, -0.15) is 0 Å². The number of aryl methyl sites for hydroxylation is 1. The van der Waals surface area contributed by atoms with Crippen LogP contribution in [0.1, 0.15) is 56.6 Å². The molecule has 1 amide bonds. The van der Waals surface area contributed by atoms with E-state index in [0.29, 0.717) is 13.1 Å². The number of benzene rings is 1. The molecule has 116 valence electrons. The maximum absolute atomic E-state index is 12.7. The Labute approximate surface area is 128 Å². The number of nitrogens with two attached hydrogens (primary N) is 1. The summed E-state index contributed by atoms with van der Waals surface area (Å²) in [5.41, 5.74) is 8.16. The minimum absolute atomic E-state index is 0.151. The molecule has 0 radical (unpaired) electrons. The van der Waals surface area contributed by atoms with Gasteiger partial charge < -0.3 is 11.1 Å². The Morgan fingerprint density at radius 1 is 1.14 bits per heavy atom. The van der Waals surface area contributed by atoms with Gasteiger partial charge in [0, 0.05) is 13.1 Å². The number of amides is 1. The molecule has 0 bridgehead atoms. The molecule has 1 aromatic rings. The summed E-state index contributed by atoms with van der Waals surface area (Å²) in [6.07, 6.45) is 7.57. The van der Waals surface area contributed by atoms with Crippen LogP contribution < -0.4 is 11.1 Å². The summed E-state index contributed by atoms with van der Waals surface area (Å²) >= 11 is 0. The second kappa shape index (κ2) is 7.60. The van der Waals surface area contributed by atoms with E-state index in [2.05, 4.69) is 30.4 Å². The van der Waals surface area contributed by atoms with Crippen molar-refractivity contribution in [3.8, 4) is 0 Å².